The predicted octanol–water partition coefficient (Wildman–Crippen LogP) is 2.28. The molecule has 2 heteroatoms. The maximum Gasteiger partial charge on any atom is 0.0363 e. The van der Waals surface area contributed by atoms with Gasteiger partial charge in [-0.1, -0.05) is 12.8 Å². The van der Waals surface area contributed by atoms with Crippen LogP contribution in [0.15, 0.2) is 6.07 Å². The lowest BCUT2D eigenvalue weighted by atomic mass is 10.0. The second kappa shape index (κ2) is 2.88. The van der Waals surface area contributed by atoms with E-state index in [1.807, 2.05) is 0 Å². The van der Waals surface area contributed by atoms with Gasteiger partial charge in [0.1, 0.15) is 0 Å². The molecule has 0 unspecified atom stereocenters. The zero-order chi connectivity index (χ0) is 8.67. The molecule has 0 amide bonds. The van der Waals surface area contributed by atoms with Crippen LogP contribution in [0.3, 0.4) is 0 Å². The Morgan fingerprint density at radius 3 is 2.77 bits per heavy atom. The number of hydrogen-bond donors (Lipinski definition) is 2. The van der Waals surface area contributed by atoms with E-state index < -0.39 is 0 Å². The summed E-state index contributed by atoms with van der Waals surface area (Å²) in [6.07, 6.45) is 5.64. The monoisotopic (exact) mass is 176 g/mol. The summed E-state index contributed by atoms with van der Waals surface area (Å²) in [5, 5.41) is 3.35. The summed E-state index contributed by atoms with van der Waals surface area (Å²) in [7, 11) is 0. The van der Waals surface area contributed by atoms with Crippen molar-refractivity contribution in [3.05, 3.63) is 23.0 Å². The Labute approximate surface area is 78.7 Å². The highest BCUT2D eigenvalue weighted by Crippen LogP contribution is 2.34. The molecule has 0 bridgehead atoms. The molecule has 13 heavy (non-hydrogen) atoms. The number of rotatable bonds is 1. The van der Waals surface area contributed by atoms with Crippen molar-refractivity contribution in [1.29, 1.82) is 0 Å². The van der Waals surface area contributed by atoms with E-state index >= 15 is 0 Å². The van der Waals surface area contributed by atoms with Gasteiger partial charge < -0.3 is 10.3 Å². The van der Waals surface area contributed by atoms with Gasteiger partial charge in [-0.2, -0.15) is 0 Å². The molecule has 0 atom stereocenters. The molecule has 2 N–H and O–H groups in total. The van der Waals surface area contributed by atoms with Crippen LogP contribution >= 0.6 is 0 Å². The summed E-state index contributed by atoms with van der Waals surface area (Å²) in [6.45, 7) is 2.11. The van der Waals surface area contributed by atoms with E-state index in [0.717, 1.165) is 19.0 Å². The van der Waals surface area contributed by atoms with Crippen LogP contribution in [0, 0.1) is 0 Å². The van der Waals surface area contributed by atoms with E-state index in [4.69, 9.17) is 0 Å². The molecule has 2 heterocycles. The summed E-state index contributed by atoms with van der Waals surface area (Å²) < 4.78 is 0. The van der Waals surface area contributed by atoms with Gasteiger partial charge in [-0.25, -0.2) is 0 Å². The summed E-state index contributed by atoms with van der Waals surface area (Å²) >= 11 is 0. The summed E-state index contributed by atoms with van der Waals surface area (Å²) in [5.74, 6) is 0.839. The van der Waals surface area contributed by atoms with Gasteiger partial charge in [0.15, 0.2) is 0 Å². The molecule has 1 aromatic heterocycles. The number of hydrogen-bond acceptors (Lipinski definition) is 1. The molecule has 1 aliphatic heterocycles. The first-order chi connectivity index (χ1) is 6.43. The van der Waals surface area contributed by atoms with Gasteiger partial charge >= 0.3 is 0 Å². The highest BCUT2D eigenvalue weighted by Gasteiger charge is 2.21. The molecule has 1 aliphatic carbocycles. The quantitative estimate of drug-likeness (QED) is 0.675. The summed E-state index contributed by atoms with van der Waals surface area (Å²) in [4.78, 5) is 3.57. The summed E-state index contributed by atoms with van der Waals surface area (Å²) in [6, 6.07) is 2.38. The lowest BCUT2D eigenvalue weighted by Crippen LogP contribution is -2.03. The third kappa shape index (κ3) is 1.20. The fraction of sp³-hybridized carbons (Fsp3) is 0.636. The molecule has 1 fully saturated rings. The average Bonchev–Trinajstić information content (AvgIpc) is 2.78. The minimum atomic E-state index is 0.839. The van der Waals surface area contributed by atoms with E-state index in [-0.39, 0.29) is 0 Å². The number of nitrogens with one attached hydrogen (secondary N) is 2. The Hall–Kier alpha value is -0.760. The van der Waals surface area contributed by atoms with Crippen molar-refractivity contribution >= 4 is 0 Å². The first kappa shape index (κ1) is 7.63. The molecular formula is C11H16N2. The van der Waals surface area contributed by atoms with Crippen LogP contribution in [-0.2, 0) is 13.1 Å². The second-order valence-corrected chi connectivity index (χ2v) is 4.31. The summed E-state index contributed by atoms with van der Waals surface area (Å²) in [5.41, 5.74) is 4.44. The SMILES string of the molecule is c1c(C2CCCC2)[nH]c2c1CNC2. The van der Waals surface area contributed by atoms with Crippen molar-refractivity contribution in [3.63, 3.8) is 0 Å². The molecule has 1 saturated carbocycles. The highest BCUT2D eigenvalue weighted by atomic mass is 14.9. The lowest BCUT2D eigenvalue weighted by Gasteiger charge is -2.05. The standard InChI is InChI=1S/C11H16N2/c1-2-4-8(3-1)10-5-9-6-12-7-11(9)13-10/h5,8,12-13H,1-4,6-7H2. The van der Waals surface area contributed by atoms with Crippen LogP contribution in [0.1, 0.15) is 48.6 Å². The van der Waals surface area contributed by atoms with E-state index in [0.29, 0.717) is 0 Å². The molecule has 2 aliphatic rings. The number of aromatic nitrogens is 1. The highest BCUT2D eigenvalue weighted by molar-refractivity contribution is 5.30. The van der Waals surface area contributed by atoms with Crippen molar-refractivity contribution in [3.8, 4) is 0 Å². The molecule has 3 rings (SSSR count). The van der Waals surface area contributed by atoms with Gasteiger partial charge in [0.25, 0.3) is 0 Å². The van der Waals surface area contributed by atoms with Gasteiger partial charge in [0.05, 0.1) is 0 Å². The molecule has 0 saturated heterocycles. The van der Waals surface area contributed by atoms with E-state index in [1.54, 1.807) is 0 Å². The smallest absolute Gasteiger partial charge is 0.0363 e. The van der Waals surface area contributed by atoms with Crippen molar-refractivity contribution in [1.82, 2.24) is 10.3 Å². The minimum Gasteiger partial charge on any atom is -0.361 e. The maximum atomic E-state index is 3.57. The second-order valence-electron chi connectivity index (χ2n) is 4.31. The first-order valence-corrected chi connectivity index (χ1v) is 5.35. The maximum absolute atomic E-state index is 3.57. The zero-order valence-corrected chi connectivity index (χ0v) is 7.90. The first-order valence-electron chi connectivity index (χ1n) is 5.35. The Balaban J connectivity index is 1.88. The largest absolute Gasteiger partial charge is 0.361 e. The minimum absolute atomic E-state index is 0.839. The van der Waals surface area contributed by atoms with Crippen LogP contribution < -0.4 is 5.32 Å². The van der Waals surface area contributed by atoms with E-state index in [2.05, 4.69) is 16.4 Å². The topological polar surface area (TPSA) is 27.8 Å². The van der Waals surface area contributed by atoms with Crippen LogP contribution in [0.25, 0.3) is 0 Å². The van der Waals surface area contributed by atoms with Crippen LogP contribution in [0.4, 0.5) is 0 Å². The number of aromatic amines is 1. The van der Waals surface area contributed by atoms with Crippen molar-refractivity contribution in [2.45, 2.75) is 44.7 Å². The zero-order valence-electron chi connectivity index (χ0n) is 7.90. The molecular weight excluding hydrogens is 160 g/mol. The third-order valence-corrected chi connectivity index (χ3v) is 3.42. The van der Waals surface area contributed by atoms with Crippen LogP contribution in [0.5, 0.6) is 0 Å². The van der Waals surface area contributed by atoms with Gasteiger partial charge in [0, 0.05) is 24.5 Å². The molecule has 0 aromatic carbocycles. The molecule has 1 aromatic rings. The molecule has 70 valence electrons. The Kier molecular flexibility index (Phi) is 1.69. The van der Waals surface area contributed by atoms with Gasteiger partial charge in [-0.05, 0) is 30.4 Å². The van der Waals surface area contributed by atoms with E-state index in [9.17, 15) is 0 Å². The van der Waals surface area contributed by atoms with Crippen molar-refractivity contribution < 1.29 is 0 Å². The Morgan fingerprint density at radius 2 is 2.00 bits per heavy atom. The molecule has 2 nitrogen and oxygen atoms in total. The molecule has 0 radical (unpaired) electrons. The van der Waals surface area contributed by atoms with Crippen LogP contribution in [-0.4, -0.2) is 4.98 Å². The average molecular weight is 176 g/mol. The predicted molar refractivity (Wildman–Crippen MR) is 52.5 cm³/mol. The van der Waals surface area contributed by atoms with Crippen molar-refractivity contribution in [2.75, 3.05) is 0 Å². The van der Waals surface area contributed by atoms with E-state index in [1.165, 1.54) is 42.6 Å². The number of H-pyrrole nitrogens is 1. The van der Waals surface area contributed by atoms with Gasteiger partial charge in [-0.3, -0.25) is 0 Å². The fourth-order valence-corrected chi connectivity index (χ4v) is 2.66. The molecule has 0 spiro atoms. The Morgan fingerprint density at radius 1 is 1.15 bits per heavy atom. The van der Waals surface area contributed by atoms with Crippen molar-refractivity contribution in [2.24, 2.45) is 0 Å². The van der Waals surface area contributed by atoms with Gasteiger partial charge in [-0.15, -0.1) is 0 Å². The lowest BCUT2D eigenvalue weighted by molar-refractivity contribution is 0.687. The fourth-order valence-electron chi connectivity index (χ4n) is 2.66. The van der Waals surface area contributed by atoms with Crippen LogP contribution in [0.2, 0.25) is 0 Å². The van der Waals surface area contributed by atoms with Gasteiger partial charge in [0.2, 0.25) is 0 Å². The third-order valence-electron chi connectivity index (χ3n) is 3.42. The number of fused-ring (bicyclic) bond motifs is 1. The Bertz CT molecular complexity index is 286. The normalized spacial score (nSPS) is 22.5.